The monoisotopic (exact) mass is 294 g/mol. The van der Waals surface area contributed by atoms with Crippen molar-refractivity contribution in [1.29, 1.82) is 0 Å². The van der Waals surface area contributed by atoms with Crippen LogP contribution in [0.5, 0.6) is 0 Å². The van der Waals surface area contributed by atoms with Crippen molar-refractivity contribution in [2.75, 3.05) is 0 Å². The summed E-state index contributed by atoms with van der Waals surface area (Å²) >= 11 is 1.27. The molecule has 5 heteroatoms. The van der Waals surface area contributed by atoms with E-state index in [0.717, 1.165) is 33.5 Å². The molecule has 0 saturated carbocycles. The molecular weight excluding hydrogens is 280 g/mol. The standard InChI is InChI=1S/C16H14N4S/c1-19-9-3-5-13(19)11-7-8-12(14-6-4-10-20(14)2)16-15(11)17-21-18-16/h3-10H,1-2H3. The van der Waals surface area contributed by atoms with Crippen LogP contribution in [-0.4, -0.2) is 17.9 Å². The molecule has 4 nitrogen and oxygen atoms in total. The van der Waals surface area contributed by atoms with Crippen molar-refractivity contribution in [3.8, 4) is 22.5 Å². The lowest BCUT2D eigenvalue weighted by molar-refractivity contribution is 0.936. The predicted octanol–water partition coefficient (Wildman–Crippen LogP) is 3.70. The van der Waals surface area contributed by atoms with E-state index < -0.39 is 0 Å². The van der Waals surface area contributed by atoms with Gasteiger partial charge in [0.2, 0.25) is 0 Å². The maximum absolute atomic E-state index is 4.52. The highest BCUT2D eigenvalue weighted by Gasteiger charge is 2.15. The summed E-state index contributed by atoms with van der Waals surface area (Å²) in [6, 6.07) is 12.6. The Morgan fingerprint density at radius 1 is 0.762 bits per heavy atom. The zero-order chi connectivity index (χ0) is 14.4. The van der Waals surface area contributed by atoms with Crippen LogP contribution in [0.4, 0.5) is 0 Å². The number of benzene rings is 1. The van der Waals surface area contributed by atoms with Crippen LogP contribution in [0.25, 0.3) is 33.5 Å². The molecule has 0 unspecified atom stereocenters. The molecule has 0 amide bonds. The van der Waals surface area contributed by atoms with Gasteiger partial charge in [-0.1, -0.05) is 0 Å². The van der Waals surface area contributed by atoms with Gasteiger partial charge in [0.25, 0.3) is 0 Å². The summed E-state index contributed by atoms with van der Waals surface area (Å²) in [7, 11) is 4.10. The minimum absolute atomic E-state index is 0.973. The number of rotatable bonds is 2. The van der Waals surface area contributed by atoms with Gasteiger partial charge in [0.15, 0.2) is 0 Å². The first-order valence-electron chi connectivity index (χ1n) is 6.74. The molecular formula is C16H14N4S. The second-order valence-corrected chi connectivity index (χ2v) is 5.66. The third kappa shape index (κ3) is 1.81. The minimum atomic E-state index is 0.973. The second-order valence-electron chi connectivity index (χ2n) is 5.13. The van der Waals surface area contributed by atoms with E-state index in [9.17, 15) is 0 Å². The second kappa shape index (κ2) is 4.56. The molecule has 0 aliphatic heterocycles. The molecule has 0 radical (unpaired) electrons. The Hall–Kier alpha value is -2.40. The number of fused-ring (bicyclic) bond motifs is 1. The summed E-state index contributed by atoms with van der Waals surface area (Å²) in [5.74, 6) is 0. The summed E-state index contributed by atoms with van der Waals surface area (Å²) in [6.07, 6.45) is 4.10. The molecule has 21 heavy (non-hydrogen) atoms. The Kier molecular flexibility index (Phi) is 2.68. The van der Waals surface area contributed by atoms with Crippen molar-refractivity contribution in [3.05, 3.63) is 48.8 Å². The molecule has 0 fully saturated rings. The van der Waals surface area contributed by atoms with E-state index in [1.807, 2.05) is 38.6 Å². The lowest BCUT2D eigenvalue weighted by atomic mass is 10.0. The van der Waals surface area contributed by atoms with Crippen molar-refractivity contribution < 1.29 is 0 Å². The number of hydrogen-bond acceptors (Lipinski definition) is 3. The summed E-state index contributed by atoms with van der Waals surface area (Å²) in [5.41, 5.74) is 6.52. The molecule has 3 heterocycles. The predicted molar refractivity (Wildman–Crippen MR) is 86.2 cm³/mol. The number of nitrogens with zero attached hydrogens (tertiary/aromatic N) is 4. The highest BCUT2D eigenvalue weighted by atomic mass is 32.1. The fourth-order valence-electron chi connectivity index (χ4n) is 2.76. The lowest BCUT2D eigenvalue weighted by Crippen LogP contribution is -1.93. The van der Waals surface area contributed by atoms with Gasteiger partial charge in [0, 0.05) is 37.6 Å². The van der Waals surface area contributed by atoms with Gasteiger partial charge >= 0.3 is 0 Å². The zero-order valence-corrected chi connectivity index (χ0v) is 12.6. The van der Waals surface area contributed by atoms with Crippen molar-refractivity contribution in [2.45, 2.75) is 0 Å². The maximum Gasteiger partial charge on any atom is 0.114 e. The van der Waals surface area contributed by atoms with E-state index >= 15 is 0 Å². The van der Waals surface area contributed by atoms with Gasteiger partial charge in [-0.05, 0) is 36.4 Å². The van der Waals surface area contributed by atoms with Gasteiger partial charge in [0.1, 0.15) is 11.0 Å². The van der Waals surface area contributed by atoms with Gasteiger partial charge < -0.3 is 9.13 Å². The van der Waals surface area contributed by atoms with E-state index in [-0.39, 0.29) is 0 Å². The topological polar surface area (TPSA) is 35.6 Å². The van der Waals surface area contributed by atoms with Gasteiger partial charge in [-0.2, -0.15) is 8.75 Å². The molecule has 1 aromatic carbocycles. The third-order valence-corrected chi connectivity index (χ3v) is 4.38. The van der Waals surface area contributed by atoms with E-state index in [1.54, 1.807) is 0 Å². The van der Waals surface area contributed by atoms with Crippen LogP contribution in [0.2, 0.25) is 0 Å². The molecule has 3 aromatic heterocycles. The van der Waals surface area contributed by atoms with Crippen molar-refractivity contribution in [1.82, 2.24) is 17.9 Å². The molecule has 104 valence electrons. The lowest BCUT2D eigenvalue weighted by Gasteiger charge is -2.08. The Morgan fingerprint density at radius 3 is 1.62 bits per heavy atom. The maximum atomic E-state index is 4.52. The van der Waals surface area contributed by atoms with E-state index in [0.29, 0.717) is 0 Å². The molecule has 0 bridgehead atoms. The SMILES string of the molecule is Cn1cccc1-c1ccc(-c2cccn2C)c2nsnc12. The van der Waals surface area contributed by atoms with Crippen LogP contribution < -0.4 is 0 Å². The third-order valence-electron chi connectivity index (χ3n) is 3.85. The first-order valence-corrected chi connectivity index (χ1v) is 7.47. The summed E-state index contributed by atoms with van der Waals surface area (Å²) in [6.45, 7) is 0. The Labute approximate surface area is 126 Å². The number of aromatic nitrogens is 4. The largest absolute Gasteiger partial charge is 0.351 e. The van der Waals surface area contributed by atoms with Crippen LogP contribution in [-0.2, 0) is 14.1 Å². The van der Waals surface area contributed by atoms with E-state index in [2.05, 4.69) is 42.1 Å². The molecule has 0 spiro atoms. The smallest absolute Gasteiger partial charge is 0.114 e. The van der Waals surface area contributed by atoms with Gasteiger partial charge in [-0.25, -0.2) is 0 Å². The van der Waals surface area contributed by atoms with Gasteiger partial charge in [0.05, 0.1) is 23.1 Å². The molecule has 0 N–H and O–H groups in total. The average molecular weight is 294 g/mol. The van der Waals surface area contributed by atoms with E-state index in [4.69, 9.17) is 0 Å². The fourth-order valence-corrected chi connectivity index (χ4v) is 3.34. The van der Waals surface area contributed by atoms with Crippen molar-refractivity contribution in [3.63, 3.8) is 0 Å². The summed E-state index contributed by atoms with van der Waals surface area (Å²) < 4.78 is 13.3. The van der Waals surface area contributed by atoms with Crippen LogP contribution in [0, 0.1) is 0 Å². The Balaban J connectivity index is 2.01. The first kappa shape index (κ1) is 12.3. The molecule has 4 rings (SSSR count). The van der Waals surface area contributed by atoms with E-state index in [1.165, 1.54) is 11.7 Å². The molecule has 0 aliphatic carbocycles. The molecule has 0 atom stereocenters. The van der Waals surface area contributed by atoms with Crippen LogP contribution >= 0.6 is 11.7 Å². The normalized spacial score (nSPS) is 11.3. The molecule has 0 aliphatic rings. The number of hydrogen-bond donors (Lipinski definition) is 0. The van der Waals surface area contributed by atoms with Gasteiger partial charge in [-0.3, -0.25) is 0 Å². The highest BCUT2D eigenvalue weighted by Crippen LogP contribution is 2.34. The Bertz CT molecular complexity index is 854. The Morgan fingerprint density at radius 2 is 1.24 bits per heavy atom. The van der Waals surface area contributed by atoms with Crippen LogP contribution in [0.3, 0.4) is 0 Å². The summed E-state index contributed by atoms with van der Waals surface area (Å²) in [5, 5.41) is 0. The zero-order valence-electron chi connectivity index (χ0n) is 11.8. The van der Waals surface area contributed by atoms with Gasteiger partial charge in [-0.15, -0.1) is 0 Å². The molecule has 0 saturated heterocycles. The summed E-state index contributed by atoms with van der Waals surface area (Å²) in [4.78, 5) is 0. The van der Waals surface area contributed by atoms with Crippen LogP contribution in [0.15, 0.2) is 48.8 Å². The minimum Gasteiger partial charge on any atom is -0.351 e. The van der Waals surface area contributed by atoms with Crippen molar-refractivity contribution in [2.24, 2.45) is 14.1 Å². The average Bonchev–Trinajstić information content (AvgIpc) is 3.18. The quantitative estimate of drug-likeness (QED) is 0.565. The van der Waals surface area contributed by atoms with Crippen LogP contribution in [0.1, 0.15) is 0 Å². The van der Waals surface area contributed by atoms with Crippen molar-refractivity contribution >= 4 is 22.8 Å². The molecule has 4 aromatic rings. The first-order chi connectivity index (χ1) is 10.3. The highest BCUT2D eigenvalue weighted by molar-refractivity contribution is 7.00. The fraction of sp³-hybridized carbons (Fsp3) is 0.125. The number of aryl methyl sites for hydroxylation is 2.